The first-order valence-electron chi connectivity index (χ1n) is 12.2. The maximum Gasteiger partial charge on any atom is 0.344 e. The lowest BCUT2D eigenvalue weighted by molar-refractivity contribution is -0.145. The summed E-state index contributed by atoms with van der Waals surface area (Å²) in [6, 6.07) is 20.5. The zero-order valence-corrected chi connectivity index (χ0v) is 23.9. The number of halogens is 1. The lowest BCUT2D eigenvalue weighted by Crippen LogP contribution is -2.17. The summed E-state index contributed by atoms with van der Waals surface area (Å²) in [5.41, 5.74) is 6.58. The Balaban J connectivity index is 1.26. The number of hydrazone groups is 1. The molecule has 0 saturated heterocycles. The molecule has 0 aliphatic carbocycles. The number of rotatable bonds is 11. The van der Waals surface area contributed by atoms with Gasteiger partial charge in [-0.05, 0) is 116 Å². The average molecular weight is 641 g/mol. The van der Waals surface area contributed by atoms with Crippen molar-refractivity contribution in [3.63, 3.8) is 0 Å². The van der Waals surface area contributed by atoms with E-state index in [4.69, 9.17) is 18.6 Å². The van der Waals surface area contributed by atoms with Gasteiger partial charge in [-0.15, -0.1) is 0 Å². The highest BCUT2D eigenvalue weighted by Crippen LogP contribution is 2.22. The number of hydrogen-bond acceptors (Lipinski definition) is 7. The van der Waals surface area contributed by atoms with Crippen molar-refractivity contribution < 1.29 is 28.2 Å². The Kier molecular flexibility index (Phi) is 9.42. The van der Waals surface area contributed by atoms with Crippen molar-refractivity contribution in [1.82, 2.24) is 9.99 Å². The van der Waals surface area contributed by atoms with Crippen LogP contribution < -0.4 is 14.9 Å². The number of aromatic nitrogens is 1. The van der Waals surface area contributed by atoms with E-state index in [9.17, 15) is 9.59 Å². The SMILES string of the molecule is CCOC(=O)COc1ccc(/C=N/NC(=O)c2ccc(COc3ccc(-n4c(C)ccc4C)cc3)o2)cc1I. The smallest absolute Gasteiger partial charge is 0.344 e. The standard InChI is InChI=1S/C29H28IN3O6/c1-4-36-28(34)18-38-26-13-7-21(15-25(26)30)16-31-32-29(35)27-14-12-24(39-27)17-37-23-10-8-22(9-11-23)33-19(2)5-6-20(33)3/h5-16H,4,17-18H2,1-3H3,(H,32,35)/b31-16+. The Labute approximate surface area is 239 Å². The number of ether oxygens (including phenoxy) is 3. The summed E-state index contributed by atoms with van der Waals surface area (Å²) in [6.07, 6.45) is 1.50. The number of hydrogen-bond donors (Lipinski definition) is 1. The molecule has 0 fully saturated rings. The summed E-state index contributed by atoms with van der Waals surface area (Å²) in [5, 5.41) is 4.00. The van der Waals surface area contributed by atoms with Crippen molar-refractivity contribution in [3.8, 4) is 17.2 Å². The molecule has 1 N–H and O–H groups in total. The van der Waals surface area contributed by atoms with Gasteiger partial charge in [0.15, 0.2) is 12.4 Å². The summed E-state index contributed by atoms with van der Waals surface area (Å²) in [6.45, 7) is 6.19. The molecule has 9 nitrogen and oxygen atoms in total. The van der Waals surface area contributed by atoms with E-state index in [1.54, 1.807) is 31.2 Å². The molecule has 0 aliphatic rings. The Bertz CT molecular complexity index is 1450. The number of aryl methyl sites for hydroxylation is 2. The highest BCUT2D eigenvalue weighted by Gasteiger charge is 2.12. The molecular formula is C29H28IN3O6. The molecule has 2 heterocycles. The Morgan fingerprint density at radius 1 is 1.00 bits per heavy atom. The first kappa shape index (κ1) is 28.0. The number of amides is 1. The fourth-order valence-electron chi connectivity index (χ4n) is 3.77. The second kappa shape index (κ2) is 13.1. The fourth-order valence-corrected chi connectivity index (χ4v) is 4.47. The van der Waals surface area contributed by atoms with Crippen molar-refractivity contribution in [3.05, 3.63) is 98.8 Å². The van der Waals surface area contributed by atoms with Crippen LogP contribution in [0.1, 0.15) is 40.2 Å². The molecule has 0 spiro atoms. The summed E-state index contributed by atoms with van der Waals surface area (Å²) in [7, 11) is 0. The van der Waals surface area contributed by atoms with Crippen LogP contribution in [-0.2, 0) is 16.1 Å². The van der Waals surface area contributed by atoms with Gasteiger partial charge in [0.25, 0.3) is 0 Å². The molecule has 4 aromatic rings. The second-order valence-corrected chi connectivity index (χ2v) is 9.64. The normalized spacial score (nSPS) is 11.0. The molecule has 2 aromatic carbocycles. The van der Waals surface area contributed by atoms with Crippen molar-refractivity contribution in [2.75, 3.05) is 13.2 Å². The predicted octanol–water partition coefficient (Wildman–Crippen LogP) is 5.58. The summed E-state index contributed by atoms with van der Waals surface area (Å²) in [5.74, 6) is 0.970. The van der Waals surface area contributed by atoms with Gasteiger partial charge in [-0.1, -0.05) is 0 Å². The lowest BCUT2D eigenvalue weighted by atomic mass is 10.2. The van der Waals surface area contributed by atoms with Crippen LogP contribution in [0.5, 0.6) is 11.5 Å². The van der Waals surface area contributed by atoms with Gasteiger partial charge in [0, 0.05) is 17.1 Å². The minimum atomic E-state index is -0.483. The van der Waals surface area contributed by atoms with Crippen molar-refractivity contribution >= 4 is 40.7 Å². The predicted molar refractivity (Wildman–Crippen MR) is 155 cm³/mol. The van der Waals surface area contributed by atoms with Gasteiger partial charge in [-0.25, -0.2) is 10.2 Å². The molecule has 4 rings (SSSR count). The van der Waals surface area contributed by atoms with Crippen LogP contribution in [0.4, 0.5) is 0 Å². The van der Waals surface area contributed by atoms with Crippen LogP contribution in [0.2, 0.25) is 0 Å². The molecule has 0 saturated carbocycles. The average Bonchev–Trinajstić information content (AvgIpc) is 3.53. The maximum absolute atomic E-state index is 12.4. The molecule has 0 radical (unpaired) electrons. The molecule has 39 heavy (non-hydrogen) atoms. The Morgan fingerprint density at radius 2 is 1.74 bits per heavy atom. The quantitative estimate of drug-likeness (QED) is 0.0994. The number of esters is 1. The van der Waals surface area contributed by atoms with Gasteiger partial charge in [0.1, 0.15) is 23.9 Å². The van der Waals surface area contributed by atoms with E-state index in [0.717, 1.165) is 26.2 Å². The molecular weight excluding hydrogens is 613 g/mol. The van der Waals surface area contributed by atoms with Crippen LogP contribution in [0, 0.1) is 17.4 Å². The summed E-state index contributed by atoms with van der Waals surface area (Å²) < 4.78 is 24.7. The maximum atomic E-state index is 12.4. The van der Waals surface area contributed by atoms with E-state index >= 15 is 0 Å². The Hall–Kier alpha value is -4.06. The number of carbonyl (C=O) groups excluding carboxylic acids is 2. The van der Waals surface area contributed by atoms with Gasteiger partial charge in [-0.2, -0.15) is 5.10 Å². The van der Waals surface area contributed by atoms with Crippen molar-refractivity contribution in [2.24, 2.45) is 5.10 Å². The second-order valence-electron chi connectivity index (χ2n) is 8.48. The number of furan rings is 1. The third kappa shape index (κ3) is 7.50. The van der Waals surface area contributed by atoms with Gasteiger partial charge < -0.3 is 23.2 Å². The first-order valence-corrected chi connectivity index (χ1v) is 13.3. The Morgan fingerprint density at radius 3 is 2.44 bits per heavy atom. The van der Waals surface area contributed by atoms with E-state index in [0.29, 0.717) is 23.9 Å². The zero-order chi connectivity index (χ0) is 27.8. The van der Waals surface area contributed by atoms with Gasteiger partial charge >= 0.3 is 11.9 Å². The lowest BCUT2D eigenvalue weighted by Gasteiger charge is -2.10. The number of nitrogens with zero attached hydrogens (tertiary/aromatic N) is 2. The van der Waals surface area contributed by atoms with Crippen LogP contribution in [0.15, 0.2) is 76.2 Å². The van der Waals surface area contributed by atoms with E-state index in [-0.39, 0.29) is 19.0 Å². The van der Waals surface area contributed by atoms with Crippen molar-refractivity contribution in [1.29, 1.82) is 0 Å². The van der Waals surface area contributed by atoms with E-state index in [1.165, 1.54) is 6.21 Å². The molecule has 2 aromatic heterocycles. The monoisotopic (exact) mass is 641 g/mol. The van der Waals surface area contributed by atoms with Gasteiger partial charge in [0.05, 0.1) is 16.4 Å². The topological polar surface area (TPSA) is 104 Å². The molecule has 0 unspecified atom stereocenters. The molecule has 0 atom stereocenters. The van der Waals surface area contributed by atoms with E-state index < -0.39 is 11.9 Å². The first-order chi connectivity index (χ1) is 18.8. The minimum absolute atomic E-state index is 0.122. The summed E-state index contributed by atoms with van der Waals surface area (Å²) >= 11 is 2.10. The molecule has 202 valence electrons. The van der Waals surface area contributed by atoms with Crippen LogP contribution in [-0.4, -0.2) is 35.9 Å². The van der Waals surface area contributed by atoms with Crippen molar-refractivity contribution in [2.45, 2.75) is 27.4 Å². The number of nitrogens with one attached hydrogen (secondary N) is 1. The van der Waals surface area contributed by atoms with Crippen LogP contribution in [0.3, 0.4) is 0 Å². The van der Waals surface area contributed by atoms with Gasteiger partial charge in [0.2, 0.25) is 0 Å². The molecule has 10 heteroatoms. The summed E-state index contributed by atoms with van der Waals surface area (Å²) in [4.78, 5) is 23.9. The third-order valence-electron chi connectivity index (χ3n) is 5.62. The fraction of sp³-hybridized carbons (Fsp3) is 0.207. The van der Waals surface area contributed by atoms with Gasteiger partial charge in [-0.3, -0.25) is 4.79 Å². The third-order valence-corrected chi connectivity index (χ3v) is 6.46. The molecule has 1 amide bonds. The molecule has 0 aliphatic heterocycles. The van der Waals surface area contributed by atoms with E-state index in [2.05, 4.69) is 63.7 Å². The highest BCUT2D eigenvalue weighted by molar-refractivity contribution is 14.1. The molecule has 0 bridgehead atoms. The van der Waals surface area contributed by atoms with Crippen LogP contribution in [0.25, 0.3) is 5.69 Å². The minimum Gasteiger partial charge on any atom is -0.486 e. The zero-order valence-electron chi connectivity index (χ0n) is 21.8. The highest BCUT2D eigenvalue weighted by atomic mass is 127. The van der Waals surface area contributed by atoms with Crippen LogP contribution >= 0.6 is 22.6 Å². The largest absolute Gasteiger partial charge is 0.486 e. The number of carbonyl (C=O) groups is 2. The van der Waals surface area contributed by atoms with E-state index in [1.807, 2.05) is 30.3 Å². The number of benzene rings is 2.